The largest absolute Gasteiger partial charge is 0.497 e. The van der Waals surface area contributed by atoms with Crippen molar-refractivity contribution in [2.75, 3.05) is 25.1 Å². The van der Waals surface area contributed by atoms with Gasteiger partial charge in [0.05, 0.1) is 25.9 Å². The van der Waals surface area contributed by atoms with Crippen molar-refractivity contribution in [3.05, 3.63) is 71.8 Å². The topological polar surface area (TPSA) is 148 Å². The van der Waals surface area contributed by atoms with Gasteiger partial charge in [0.15, 0.2) is 5.96 Å². The van der Waals surface area contributed by atoms with Gasteiger partial charge in [0.2, 0.25) is 5.95 Å². The Balaban J connectivity index is 1.30. The Hall–Kier alpha value is -4.74. The summed E-state index contributed by atoms with van der Waals surface area (Å²) < 4.78 is 25.0. The van der Waals surface area contributed by atoms with Gasteiger partial charge in [0.1, 0.15) is 24.8 Å². The van der Waals surface area contributed by atoms with Gasteiger partial charge >= 0.3 is 6.09 Å². The van der Waals surface area contributed by atoms with Crippen LogP contribution in [-0.2, 0) is 22.8 Å². The number of oxime groups is 1. The lowest BCUT2D eigenvalue weighted by Gasteiger charge is -2.31. The first-order valence-corrected chi connectivity index (χ1v) is 10.9. The third-order valence-electron chi connectivity index (χ3n) is 5.24. The van der Waals surface area contributed by atoms with E-state index in [-0.39, 0.29) is 17.7 Å². The summed E-state index contributed by atoms with van der Waals surface area (Å²) >= 11 is 0. The number of amides is 1. The summed E-state index contributed by atoms with van der Waals surface area (Å²) in [4.78, 5) is 27.5. The van der Waals surface area contributed by atoms with Crippen molar-refractivity contribution in [3.63, 3.8) is 0 Å². The Kier molecular flexibility index (Phi) is 7.54. The van der Waals surface area contributed by atoms with Crippen molar-refractivity contribution in [2.45, 2.75) is 13.2 Å². The summed E-state index contributed by atoms with van der Waals surface area (Å²) in [6.45, 7) is 1.10. The number of anilines is 1. The number of nitrogens with zero attached hydrogens (tertiary/aromatic N) is 4. The maximum Gasteiger partial charge on any atom is 0.414 e. The van der Waals surface area contributed by atoms with Crippen molar-refractivity contribution in [1.29, 1.82) is 5.41 Å². The predicted octanol–water partition coefficient (Wildman–Crippen LogP) is 2.80. The molecule has 2 heterocycles. The molecule has 1 aliphatic heterocycles. The minimum atomic E-state index is -0.941. The lowest BCUT2D eigenvalue weighted by Crippen LogP contribution is -2.48. The molecule has 0 aliphatic carbocycles. The number of alkyl carbamates (subject to hydrolysis) is 1. The van der Waals surface area contributed by atoms with Crippen LogP contribution in [0.3, 0.4) is 0 Å². The van der Waals surface area contributed by atoms with Gasteiger partial charge in [-0.05, 0) is 17.7 Å². The molecule has 0 unspecified atom stereocenters. The van der Waals surface area contributed by atoms with Gasteiger partial charge in [0.25, 0.3) is 0 Å². The number of rotatable bonds is 8. The van der Waals surface area contributed by atoms with E-state index in [0.29, 0.717) is 31.2 Å². The number of hydrogen-bond donors (Lipinski definition) is 3. The van der Waals surface area contributed by atoms with Crippen LogP contribution in [0.25, 0.3) is 11.1 Å². The summed E-state index contributed by atoms with van der Waals surface area (Å²) in [5.74, 6) is 0.156. The molecule has 36 heavy (non-hydrogen) atoms. The molecule has 0 spiro atoms. The lowest BCUT2D eigenvalue weighted by molar-refractivity contribution is 0.129. The van der Waals surface area contributed by atoms with Crippen LogP contribution in [0.1, 0.15) is 11.1 Å². The number of ether oxygens (including phenoxy) is 2. The number of aromatic nitrogens is 2. The van der Waals surface area contributed by atoms with E-state index in [1.807, 2.05) is 34.5 Å². The molecule has 0 atom stereocenters. The fourth-order valence-electron chi connectivity index (χ4n) is 3.34. The second-order valence-electron chi connectivity index (χ2n) is 7.80. The highest BCUT2D eigenvalue weighted by molar-refractivity contribution is 5.98. The summed E-state index contributed by atoms with van der Waals surface area (Å²) in [5, 5.41) is 13.1. The van der Waals surface area contributed by atoms with Crippen LogP contribution in [0.5, 0.6) is 5.75 Å². The minimum Gasteiger partial charge on any atom is -0.497 e. The molecule has 12 heteroatoms. The van der Waals surface area contributed by atoms with Gasteiger partial charge in [-0.15, -0.1) is 0 Å². The zero-order valence-electron chi connectivity index (χ0n) is 19.4. The molecule has 1 fully saturated rings. The van der Waals surface area contributed by atoms with Gasteiger partial charge in [-0.2, -0.15) is 0 Å². The monoisotopic (exact) mass is 493 g/mol. The SMILES string of the molecule is COc1ccc(CON=C2CN(c3ncc(-c4cccc(COC(=O)NC(=N)N)c4F)cn3)C2)cc1. The average Bonchev–Trinajstić information content (AvgIpc) is 2.85. The Morgan fingerprint density at radius 3 is 2.56 bits per heavy atom. The molecule has 1 aromatic heterocycles. The Morgan fingerprint density at radius 1 is 1.17 bits per heavy atom. The van der Waals surface area contributed by atoms with E-state index < -0.39 is 17.9 Å². The van der Waals surface area contributed by atoms with Crippen LogP contribution in [0, 0.1) is 11.2 Å². The second-order valence-corrected chi connectivity index (χ2v) is 7.80. The molecule has 1 amide bonds. The van der Waals surface area contributed by atoms with Crippen LogP contribution >= 0.6 is 0 Å². The van der Waals surface area contributed by atoms with Gasteiger partial charge in [-0.25, -0.2) is 19.2 Å². The lowest BCUT2D eigenvalue weighted by atomic mass is 10.1. The predicted molar refractivity (Wildman–Crippen MR) is 130 cm³/mol. The second kappa shape index (κ2) is 11.1. The Labute approximate surface area is 206 Å². The highest BCUT2D eigenvalue weighted by Gasteiger charge is 2.25. The van der Waals surface area contributed by atoms with Gasteiger partial charge in [0, 0.05) is 29.1 Å². The first-order chi connectivity index (χ1) is 17.4. The van der Waals surface area contributed by atoms with Crippen LogP contribution < -0.4 is 20.7 Å². The molecule has 0 radical (unpaired) electrons. The average molecular weight is 493 g/mol. The molecule has 4 rings (SSSR count). The van der Waals surface area contributed by atoms with Gasteiger partial charge in [-0.3, -0.25) is 10.7 Å². The maximum absolute atomic E-state index is 15.0. The smallest absolute Gasteiger partial charge is 0.414 e. The van der Waals surface area contributed by atoms with Gasteiger partial charge < -0.3 is 24.9 Å². The van der Waals surface area contributed by atoms with Gasteiger partial charge in [-0.1, -0.05) is 35.5 Å². The van der Waals surface area contributed by atoms with Crippen molar-refractivity contribution >= 4 is 23.7 Å². The van der Waals surface area contributed by atoms with Crippen molar-refractivity contribution in [3.8, 4) is 16.9 Å². The standard InChI is InChI=1S/C24H24FN7O4/c1-34-19-7-5-15(6-8-19)13-36-31-18-11-32(12-18)23-28-9-17(10-29-23)20-4-2-3-16(21(20)25)14-35-24(33)30-22(26)27/h2-10H,11-14H2,1H3,(H4,26,27,30,33). The molecule has 1 saturated heterocycles. The van der Waals surface area contributed by atoms with Crippen molar-refractivity contribution in [1.82, 2.24) is 15.3 Å². The zero-order valence-corrected chi connectivity index (χ0v) is 19.4. The van der Waals surface area contributed by atoms with Crippen LogP contribution in [0.15, 0.2) is 60.0 Å². The minimum absolute atomic E-state index is 0.161. The number of methoxy groups -OCH3 is 1. The van der Waals surface area contributed by atoms with Crippen LogP contribution in [0.2, 0.25) is 0 Å². The molecule has 4 N–H and O–H groups in total. The molecule has 1 aliphatic rings. The molecule has 0 saturated carbocycles. The molecule has 2 aromatic carbocycles. The summed E-state index contributed by atoms with van der Waals surface area (Å²) in [6, 6.07) is 12.3. The zero-order chi connectivity index (χ0) is 25.5. The molecular weight excluding hydrogens is 469 g/mol. The number of guanidine groups is 1. The maximum atomic E-state index is 15.0. The number of nitrogens with two attached hydrogens (primary N) is 1. The summed E-state index contributed by atoms with van der Waals surface area (Å²) in [7, 11) is 1.62. The number of benzene rings is 2. The van der Waals surface area contributed by atoms with E-state index in [2.05, 4.69) is 15.1 Å². The van der Waals surface area contributed by atoms with Crippen molar-refractivity contribution < 1.29 is 23.5 Å². The Morgan fingerprint density at radius 2 is 1.89 bits per heavy atom. The van der Waals surface area contributed by atoms with E-state index in [9.17, 15) is 9.18 Å². The quantitative estimate of drug-likeness (QED) is 0.246. The highest BCUT2D eigenvalue weighted by Crippen LogP contribution is 2.26. The number of nitrogens with one attached hydrogen (secondary N) is 2. The van der Waals surface area contributed by atoms with E-state index in [1.54, 1.807) is 19.2 Å². The molecule has 186 valence electrons. The summed E-state index contributed by atoms with van der Waals surface area (Å²) in [6.07, 6.45) is 2.12. The van der Waals surface area contributed by atoms with Crippen LogP contribution in [-0.4, -0.2) is 47.9 Å². The first kappa shape index (κ1) is 24.4. The third kappa shape index (κ3) is 6.03. The van der Waals surface area contributed by atoms with E-state index in [0.717, 1.165) is 17.0 Å². The molecular formula is C24H24FN7O4. The van der Waals surface area contributed by atoms with E-state index in [1.165, 1.54) is 18.5 Å². The molecule has 3 aromatic rings. The molecule has 11 nitrogen and oxygen atoms in total. The fourth-order valence-corrected chi connectivity index (χ4v) is 3.34. The highest BCUT2D eigenvalue weighted by atomic mass is 19.1. The number of carbonyl (C=O) groups excluding carboxylic acids is 1. The van der Waals surface area contributed by atoms with E-state index in [4.69, 9.17) is 25.5 Å². The third-order valence-corrected chi connectivity index (χ3v) is 5.24. The normalized spacial score (nSPS) is 12.4. The number of halogens is 1. The number of hydrogen-bond acceptors (Lipinski definition) is 9. The fraction of sp³-hybridized carbons (Fsp3) is 0.208. The number of carbonyl (C=O) groups is 1. The van der Waals surface area contributed by atoms with Crippen molar-refractivity contribution in [2.24, 2.45) is 10.9 Å². The summed E-state index contributed by atoms with van der Waals surface area (Å²) in [5.41, 5.74) is 7.82. The Bertz CT molecular complexity index is 1260. The first-order valence-electron chi connectivity index (χ1n) is 10.9. The molecule has 0 bridgehead atoms. The van der Waals surface area contributed by atoms with Crippen LogP contribution in [0.4, 0.5) is 15.1 Å². The van der Waals surface area contributed by atoms with E-state index >= 15 is 0 Å².